The Kier molecular flexibility index (Phi) is 4.19. The van der Waals surface area contributed by atoms with Gasteiger partial charge in [-0.3, -0.25) is 14.8 Å². The smallest absolute Gasteiger partial charge is 0.161 e. The number of hydrogen-bond donors (Lipinski definition) is 2. The summed E-state index contributed by atoms with van der Waals surface area (Å²) in [6, 6.07) is 10.1. The molecular weight excluding hydrogens is 423 g/mol. The number of fused-ring (bicyclic) bond motifs is 2. The Morgan fingerprint density at radius 1 is 0.970 bits per heavy atom. The number of rotatable bonds is 4. The molecule has 0 saturated carbocycles. The summed E-state index contributed by atoms with van der Waals surface area (Å²) in [5.74, 6) is 0.527. The van der Waals surface area contributed by atoms with E-state index in [-0.39, 0.29) is 0 Å². The van der Waals surface area contributed by atoms with E-state index in [9.17, 15) is 4.39 Å². The van der Waals surface area contributed by atoms with Gasteiger partial charge in [0.15, 0.2) is 11.5 Å². The van der Waals surface area contributed by atoms with Crippen LogP contribution in [0.5, 0.6) is 5.75 Å². The minimum absolute atomic E-state index is 0.407. The lowest BCUT2D eigenvalue weighted by atomic mass is 10.1. The van der Waals surface area contributed by atoms with Crippen LogP contribution < -0.4 is 4.74 Å². The van der Waals surface area contributed by atoms with Crippen LogP contribution in [-0.4, -0.2) is 47.0 Å². The first-order valence-electron chi connectivity index (χ1n) is 10.1. The third-order valence-electron chi connectivity index (χ3n) is 5.41. The zero-order valence-electron chi connectivity index (χ0n) is 17.7. The minimum atomic E-state index is -0.413. The van der Waals surface area contributed by atoms with E-state index in [1.54, 1.807) is 23.1 Å². The van der Waals surface area contributed by atoms with Crippen molar-refractivity contribution in [3.05, 3.63) is 60.8 Å². The van der Waals surface area contributed by atoms with Gasteiger partial charge in [-0.1, -0.05) is 0 Å². The second kappa shape index (κ2) is 7.23. The predicted octanol–water partition coefficient (Wildman–Crippen LogP) is 4.11. The zero-order valence-corrected chi connectivity index (χ0v) is 17.7. The second-order valence-electron chi connectivity index (χ2n) is 7.59. The maximum atomic E-state index is 14.1. The van der Waals surface area contributed by atoms with Crippen molar-refractivity contribution in [3.63, 3.8) is 0 Å². The van der Waals surface area contributed by atoms with Crippen molar-refractivity contribution in [3.8, 4) is 39.8 Å². The van der Waals surface area contributed by atoms with Crippen LogP contribution in [0.1, 0.15) is 0 Å². The van der Waals surface area contributed by atoms with Gasteiger partial charge in [0.1, 0.15) is 22.6 Å². The number of imidazole rings is 1. The summed E-state index contributed by atoms with van der Waals surface area (Å²) in [6.45, 7) is 0. The highest BCUT2D eigenvalue weighted by Crippen LogP contribution is 2.32. The second-order valence-corrected chi connectivity index (χ2v) is 7.59. The first kappa shape index (κ1) is 19.1. The fraction of sp³-hybridized carbons (Fsp3) is 0.0870. The lowest BCUT2D eigenvalue weighted by Gasteiger charge is -2.05. The summed E-state index contributed by atoms with van der Waals surface area (Å²) < 4.78 is 21.1. The number of ether oxygens (including phenoxy) is 1. The third kappa shape index (κ3) is 3.19. The molecule has 1 aromatic carbocycles. The van der Waals surface area contributed by atoms with Gasteiger partial charge in [0.2, 0.25) is 0 Å². The number of halogens is 1. The fourth-order valence-corrected chi connectivity index (χ4v) is 3.85. The number of methoxy groups -OCH3 is 1. The lowest BCUT2D eigenvalue weighted by Crippen LogP contribution is -1.90. The highest BCUT2D eigenvalue weighted by molar-refractivity contribution is 5.95. The van der Waals surface area contributed by atoms with Crippen LogP contribution in [0, 0.1) is 5.82 Å². The topological polar surface area (TPSA) is 110 Å². The molecule has 0 radical (unpaired) electrons. The summed E-state index contributed by atoms with van der Waals surface area (Å²) in [7, 11) is 3.36. The number of nitrogens with one attached hydrogen (secondary N) is 2. The summed E-state index contributed by atoms with van der Waals surface area (Å²) in [5, 5.41) is 11.7. The molecule has 0 unspecified atom stereocenters. The third-order valence-corrected chi connectivity index (χ3v) is 5.41. The number of nitrogens with zero attached hydrogens (tertiary/aromatic N) is 6. The van der Waals surface area contributed by atoms with E-state index in [0.717, 1.165) is 22.3 Å². The van der Waals surface area contributed by atoms with E-state index in [2.05, 4.69) is 25.3 Å². The van der Waals surface area contributed by atoms with Crippen molar-refractivity contribution in [1.82, 2.24) is 39.9 Å². The van der Waals surface area contributed by atoms with Gasteiger partial charge in [-0.15, -0.1) is 0 Å². The van der Waals surface area contributed by atoms with Crippen molar-refractivity contribution < 1.29 is 9.13 Å². The van der Waals surface area contributed by atoms with Gasteiger partial charge in [-0.25, -0.2) is 14.4 Å². The van der Waals surface area contributed by atoms with Gasteiger partial charge in [0.05, 0.1) is 35.7 Å². The molecule has 6 rings (SSSR count). The molecule has 9 nitrogen and oxygen atoms in total. The van der Waals surface area contributed by atoms with Gasteiger partial charge < -0.3 is 9.72 Å². The van der Waals surface area contributed by atoms with Crippen LogP contribution in [0.3, 0.4) is 0 Å². The monoisotopic (exact) mass is 440 g/mol. The van der Waals surface area contributed by atoms with Gasteiger partial charge in [0, 0.05) is 36.6 Å². The van der Waals surface area contributed by atoms with Crippen LogP contribution in [0.2, 0.25) is 0 Å². The van der Waals surface area contributed by atoms with Crippen molar-refractivity contribution >= 4 is 22.1 Å². The summed E-state index contributed by atoms with van der Waals surface area (Å²) >= 11 is 0. The largest absolute Gasteiger partial charge is 0.497 e. The number of benzene rings is 1. The minimum Gasteiger partial charge on any atom is -0.497 e. The molecule has 33 heavy (non-hydrogen) atoms. The average Bonchev–Trinajstić information content (AvgIpc) is 3.55. The SMILES string of the molecule is COc1cc(F)cc(-c2nccc3[nH]c(-c4n[nH]c5ccc(-c6cnn(C)c6)nc45)nc23)c1. The first-order valence-corrected chi connectivity index (χ1v) is 10.1. The van der Waals surface area contributed by atoms with Gasteiger partial charge in [-0.2, -0.15) is 10.2 Å². The van der Waals surface area contributed by atoms with Crippen molar-refractivity contribution in [2.75, 3.05) is 7.11 Å². The van der Waals surface area contributed by atoms with Crippen LogP contribution in [0.4, 0.5) is 4.39 Å². The van der Waals surface area contributed by atoms with Crippen LogP contribution in [-0.2, 0) is 7.05 Å². The molecule has 0 saturated heterocycles. The molecule has 5 aromatic heterocycles. The highest BCUT2D eigenvalue weighted by atomic mass is 19.1. The number of hydrogen-bond acceptors (Lipinski definition) is 6. The molecule has 0 spiro atoms. The van der Waals surface area contributed by atoms with Gasteiger partial charge >= 0.3 is 0 Å². The first-order chi connectivity index (χ1) is 16.1. The van der Waals surface area contributed by atoms with Gasteiger partial charge in [0.25, 0.3) is 0 Å². The van der Waals surface area contributed by atoms with Crippen molar-refractivity contribution in [2.45, 2.75) is 0 Å². The molecule has 0 aliphatic heterocycles. The lowest BCUT2D eigenvalue weighted by molar-refractivity contribution is 0.411. The number of aromatic amines is 2. The maximum Gasteiger partial charge on any atom is 0.161 e. The molecule has 162 valence electrons. The Hall–Kier alpha value is -4.60. The summed E-state index contributed by atoms with van der Waals surface area (Å²) in [4.78, 5) is 17.3. The Morgan fingerprint density at radius 2 is 1.85 bits per heavy atom. The van der Waals surface area contributed by atoms with Crippen LogP contribution in [0.25, 0.3) is 56.1 Å². The molecule has 0 amide bonds. The van der Waals surface area contributed by atoms with E-state index in [1.807, 2.05) is 31.4 Å². The molecule has 5 heterocycles. The van der Waals surface area contributed by atoms with Gasteiger partial charge in [-0.05, 0) is 30.3 Å². The molecule has 10 heteroatoms. The predicted molar refractivity (Wildman–Crippen MR) is 121 cm³/mol. The normalized spacial score (nSPS) is 11.5. The molecule has 0 bridgehead atoms. The standard InChI is InChI=1S/C23H17FN8O/c1-32-11-13(10-26-32)16-3-4-18-21(27-16)22(31-30-18)23-28-17-5-6-25-19(20(17)29-23)12-7-14(24)9-15(8-12)33-2/h3-11H,1-2H3,(H,28,29)(H,30,31). The summed E-state index contributed by atoms with van der Waals surface area (Å²) in [6.07, 6.45) is 5.32. The van der Waals surface area contributed by atoms with Crippen molar-refractivity contribution in [2.24, 2.45) is 7.05 Å². The van der Waals surface area contributed by atoms with E-state index in [4.69, 9.17) is 14.7 Å². The number of pyridine rings is 2. The molecule has 0 aliphatic carbocycles. The van der Waals surface area contributed by atoms with E-state index >= 15 is 0 Å². The number of aromatic nitrogens is 8. The molecule has 0 atom stereocenters. The number of H-pyrrole nitrogens is 2. The quantitative estimate of drug-likeness (QED) is 0.427. The molecular formula is C23H17FN8O. The Bertz CT molecular complexity index is 1650. The maximum absolute atomic E-state index is 14.1. The highest BCUT2D eigenvalue weighted by Gasteiger charge is 2.18. The van der Waals surface area contributed by atoms with Crippen LogP contribution in [0.15, 0.2) is 55.0 Å². The summed E-state index contributed by atoms with van der Waals surface area (Å²) in [5.41, 5.74) is 6.18. The Balaban J connectivity index is 1.50. The zero-order chi connectivity index (χ0) is 22.5. The van der Waals surface area contributed by atoms with E-state index in [0.29, 0.717) is 39.6 Å². The van der Waals surface area contributed by atoms with E-state index in [1.165, 1.54) is 19.2 Å². The fourth-order valence-electron chi connectivity index (χ4n) is 3.85. The molecule has 6 aromatic rings. The van der Waals surface area contributed by atoms with Crippen LogP contribution >= 0.6 is 0 Å². The Morgan fingerprint density at radius 3 is 2.67 bits per heavy atom. The van der Waals surface area contributed by atoms with Crippen molar-refractivity contribution in [1.29, 1.82) is 0 Å². The molecule has 0 fully saturated rings. The molecule has 0 aliphatic rings. The number of aryl methyl sites for hydroxylation is 1. The Labute approximate surface area is 186 Å². The van der Waals surface area contributed by atoms with E-state index < -0.39 is 5.82 Å². The molecule has 2 N–H and O–H groups in total. The average molecular weight is 440 g/mol.